The van der Waals surface area contributed by atoms with E-state index in [2.05, 4.69) is 31.5 Å². The van der Waals surface area contributed by atoms with Crippen LogP contribution in [0.25, 0.3) is 0 Å². The van der Waals surface area contributed by atoms with Crippen molar-refractivity contribution < 1.29 is 4.79 Å². The Bertz CT molecular complexity index is 656. The van der Waals surface area contributed by atoms with Gasteiger partial charge in [-0.15, -0.1) is 0 Å². The quantitative estimate of drug-likeness (QED) is 0.788. The van der Waals surface area contributed by atoms with Gasteiger partial charge in [-0.3, -0.25) is 4.79 Å². The number of anilines is 2. The third-order valence-electron chi connectivity index (χ3n) is 2.63. The minimum atomic E-state index is -0.303. The van der Waals surface area contributed by atoms with Crippen molar-refractivity contribution in [3.63, 3.8) is 0 Å². The molecule has 2 N–H and O–H groups in total. The Labute approximate surface area is 141 Å². The molecule has 0 saturated heterocycles. The van der Waals surface area contributed by atoms with Crippen LogP contribution in [0.4, 0.5) is 11.5 Å². The summed E-state index contributed by atoms with van der Waals surface area (Å²) in [6, 6.07) is 6.62. The number of aromatic nitrogens is 1. The molecule has 0 aliphatic carbocycles. The van der Waals surface area contributed by atoms with Crippen molar-refractivity contribution in [1.29, 1.82) is 0 Å². The molecule has 0 atom stereocenters. The molecule has 2 aromatic rings. The number of hydrogen-bond donors (Lipinski definition) is 2. The molecule has 110 valence electrons. The number of halogens is 3. The first-order chi connectivity index (χ1) is 10.0. The van der Waals surface area contributed by atoms with Crippen molar-refractivity contribution >= 4 is 56.5 Å². The third-order valence-corrected chi connectivity index (χ3v) is 3.68. The van der Waals surface area contributed by atoms with Crippen molar-refractivity contribution in [3.8, 4) is 0 Å². The predicted molar refractivity (Wildman–Crippen MR) is 90.5 cm³/mol. The smallest absolute Gasteiger partial charge is 0.255 e. The van der Waals surface area contributed by atoms with E-state index in [1.807, 2.05) is 6.92 Å². The highest BCUT2D eigenvalue weighted by molar-refractivity contribution is 9.10. The zero-order chi connectivity index (χ0) is 15.4. The second kappa shape index (κ2) is 7.11. The summed E-state index contributed by atoms with van der Waals surface area (Å²) in [4.78, 5) is 16.4. The molecule has 0 bridgehead atoms. The fourth-order valence-electron chi connectivity index (χ4n) is 1.70. The number of amides is 1. The molecular formula is C14H12BrCl2N3O. The highest BCUT2D eigenvalue weighted by Gasteiger charge is 2.13. The molecule has 7 heteroatoms. The minimum Gasteiger partial charge on any atom is -0.370 e. The monoisotopic (exact) mass is 387 g/mol. The van der Waals surface area contributed by atoms with Crippen LogP contribution in [0.1, 0.15) is 17.3 Å². The van der Waals surface area contributed by atoms with Crippen LogP contribution in [0.5, 0.6) is 0 Å². The lowest BCUT2D eigenvalue weighted by atomic mass is 10.2. The van der Waals surface area contributed by atoms with E-state index in [1.165, 1.54) is 0 Å². The molecule has 4 nitrogen and oxygen atoms in total. The van der Waals surface area contributed by atoms with E-state index in [1.54, 1.807) is 30.5 Å². The van der Waals surface area contributed by atoms with Crippen LogP contribution in [0, 0.1) is 0 Å². The van der Waals surface area contributed by atoms with Crippen molar-refractivity contribution in [1.82, 2.24) is 4.98 Å². The van der Waals surface area contributed by atoms with E-state index in [9.17, 15) is 4.79 Å². The molecule has 0 aliphatic heterocycles. The maximum absolute atomic E-state index is 12.3. The van der Waals surface area contributed by atoms with Crippen molar-refractivity contribution in [2.24, 2.45) is 0 Å². The van der Waals surface area contributed by atoms with Gasteiger partial charge in [0.2, 0.25) is 0 Å². The van der Waals surface area contributed by atoms with Crippen LogP contribution < -0.4 is 10.6 Å². The number of carbonyl (C=O) groups is 1. The van der Waals surface area contributed by atoms with Gasteiger partial charge >= 0.3 is 0 Å². The maximum atomic E-state index is 12.3. The van der Waals surface area contributed by atoms with Gasteiger partial charge in [-0.1, -0.05) is 39.1 Å². The molecule has 0 fully saturated rings. The van der Waals surface area contributed by atoms with Crippen molar-refractivity contribution in [2.45, 2.75) is 6.92 Å². The van der Waals surface area contributed by atoms with Crippen LogP contribution >= 0.6 is 39.1 Å². The average Bonchev–Trinajstić information content (AvgIpc) is 2.43. The summed E-state index contributed by atoms with van der Waals surface area (Å²) in [7, 11) is 0. The number of benzene rings is 1. The first-order valence-corrected chi connectivity index (χ1v) is 7.72. The largest absolute Gasteiger partial charge is 0.370 e. The molecule has 0 spiro atoms. The Balaban J connectivity index is 2.24. The molecule has 0 saturated carbocycles. The zero-order valence-corrected chi connectivity index (χ0v) is 14.2. The van der Waals surface area contributed by atoms with Crippen LogP contribution in [0.2, 0.25) is 10.0 Å². The van der Waals surface area contributed by atoms with Gasteiger partial charge in [0.15, 0.2) is 0 Å². The highest BCUT2D eigenvalue weighted by atomic mass is 79.9. The lowest BCUT2D eigenvalue weighted by Crippen LogP contribution is -2.13. The summed E-state index contributed by atoms with van der Waals surface area (Å²) in [5.74, 6) is 0.334. The van der Waals surface area contributed by atoms with E-state index < -0.39 is 0 Å². The number of nitrogens with zero attached hydrogens (tertiary/aromatic N) is 1. The molecule has 2 rings (SSSR count). The third kappa shape index (κ3) is 4.09. The van der Waals surface area contributed by atoms with Crippen molar-refractivity contribution in [2.75, 3.05) is 17.2 Å². The topological polar surface area (TPSA) is 54.0 Å². The Morgan fingerprint density at radius 3 is 2.57 bits per heavy atom. The predicted octanol–water partition coefficient (Wildman–Crippen LogP) is 4.84. The molecule has 1 aromatic heterocycles. The first-order valence-electron chi connectivity index (χ1n) is 6.17. The Kier molecular flexibility index (Phi) is 5.45. The SMILES string of the molecule is CCNc1cc(C(=O)Nc2c(Cl)cc(Br)cc2Cl)ccn1. The number of pyridine rings is 1. The standard InChI is InChI=1S/C14H12BrCl2N3O/c1-2-18-12-5-8(3-4-19-12)14(21)20-13-10(16)6-9(15)7-11(13)17/h3-7H,2H2,1H3,(H,18,19)(H,20,21). The molecular weight excluding hydrogens is 377 g/mol. The first kappa shape index (κ1) is 16.1. The van der Waals surface area contributed by atoms with E-state index >= 15 is 0 Å². The second-order valence-electron chi connectivity index (χ2n) is 4.16. The van der Waals surface area contributed by atoms with Gasteiger partial charge in [0.25, 0.3) is 5.91 Å². The van der Waals surface area contributed by atoms with E-state index in [4.69, 9.17) is 23.2 Å². The van der Waals surface area contributed by atoms with Crippen LogP contribution in [-0.4, -0.2) is 17.4 Å². The normalized spacial score (nSPS) is 10.3. The summed E-state index contributed by atoms with van der Waals surface area (Å²) < 4.78 is 0.744. The second-order valence-corrected chi connectivity index (χ2v) is 5.89. The van der Waals surface area contributed by atoms with Crippen LogP contribution in [0.15, 0.2) is 34.9 Å². The van der Waals surface area contributed by atoms with E-state index in [-0.39, 0.29) is 5.91 Å². The Morgan fingerprint density at radius 2 is 1.95 bits per heavy atom. The summed E-state index contributed by atoms with van der Waals surface area (Å²) in [6.45, 7) is 2.68. The molecule has 0 unspecified atom stereocenters. The number of hydrogen-bond acceptors (Lipinski definition) is 3. The Hall–Kier alpha value is -1.30. The minimum absolute atomic E-state index is 0.303. The highest BCUT2D eigenvalue weighted by Crippen LogP contribution is 2.34. The van der Waals surface area contributed by atoms with Gasteiger partial charge in [-0.05, 0) is 31.2 Å². The van der Waals surface area contributed by atoms with Gasteiger partial charge < -0.3 is 10.6 Å². The molecule has 1 amide bonds. The Morgan fingerprint density at radius 1 is 1.29 bits per heavy atom. The lowest BCUT2D eigenvalue weighted by Gasteiger charge is -2.10. The van der Waals surface area contributed by atoms with Crippen molar-refractivity contribution in [3.05, 3.63) is 50.5 Å². The van der Waals surface area contributed by atoms with Crippen LogP contribution in [0.3, 0.4) is 0 Å². The lowest BCUT2D eigenvalue weighted by molar-refractivity contribution is 0.102. The maximum Gasteiger partial charge on any atom is 0.255 e. The summed E-state index contributed by atoms with van der Waals surface area (Å²) >= 11 is 15.5. The molecule has 21 heavy (non-hydrogen) atoms. The molecule has 1 aromatic carbocycles. The number of rotatable bonds is 4. The fraction of sp³-hybridized carbons (Fsp3) is 0.143. The number of carbonyl (C=O) groups excluding carboxylic acids is 1. The van der Waals surface area contributed by atoms with Gasteiger partial charge in [0.05, 0.1) is 15.7 Å². The molecule has 0 aliphatic rings. The van der Waals surface area contributed by atoms with Gasteiger partial charge in [-0.2, -0.15) is 0 Å². The van der Waals surface area contributed by atoms with Gasteiger partial charge in [0, 0.05) is 22.8 Å². The molecule has 1 heterocycles. The van der Waals surface area contributed by atoms with E-state index in [0.29, 0.717) is 27.1 Å². The van der Waals surface area contributed by atoms with E-state index in [0.717, 1.165) is 11.0 Å². The van der Waals surface area contributed by atoms with Gasteiger partial charge in [0.1, 0.15) is 5.82 Å². The molecule has 0 radical (unpaired) electrons. The zero-order valence-electron chi connectivity index (χ0n) is 11.1. The summed E-state index contributed by atoms with van der Waals surface area (Å²) in [5, 5.41) is 6.49. The summed E-state index contributed by atoms with van der Waals surface area (Å²) in [6.07, 6.45) is 1.57. The number of nitrogens with one attached hydrogen (secondary N) is 2. The van der Waals surface area contributed by atoms with Crippen LogP contribution in [-0.2, 0) is 0 Å². The fourth-order valence-corrected chi connectivity index (χ4v) is 3.00. The summed E-state index contributed by atoms with van der Waals surface area (Å²) in [5.41, 5.74) is 0.851. The van der Waals surface area contributed by atoms with Gasteiger partial charge in [-0.25, -0.2) is 4.98 Å². The average molecular weight is 389 g/mol.